The monoisotopic (exact) mass is 121 g/mol. The second-order valence-electron chi connectivity index (χ2n) is 1.18. The van der Waals surface area contributed by atoms with E-state index in [1.54, 1.807) is 0 Å². The van der Waals surface area contributed by atoms with Crippen LogP contribution in [0.5, 0.6) is 0 Å². The summed E-state index contributed by atoms with van der Waals surface area (Å²) in [6.45, 7) is -0.433. The Kier molecular flexibility index (Phi) is 3.75. The second-order valence-corrected chi connectivity index (χ2v) is 1.18. The van der Waals surface area contributed by atoms with Gasteiger partial charge in [-0.15, -0.1) is 0 Å². The fourth-order valence-electron chi connectivity index (χ4n) is 0.199. The van der Waals surface area contributed by atoms with Crippen LogP contribution in [0.25, 0.3) is 0 Å². The van der Waals surface area contributed by atoms with Crippen LogP contribution in [0.1, 0.15) is 0 Å². The van der Waals surface area contributed by atoms with Gasteiger partial charge in [0.1, 0.15) is 6.23 Å². The van der Waals surface area contributed by atoms with Gasteiger partial charge in [0.05, 0.1) is 6.61 Å². The summed E-state index contributed by atoms with van der Waals surface area (Å²) in [5.41, 5.74) is 4.88. The third kappa shape index (κ3) is 4.04. The number of rotatable bonds is 3. The van der Waals surface area contributed by atoms with Gasteiger partial charge in [-0.3, -0.25) is 0 Å². The predicted octanol–water partition coefficient (Wildman–Crippen LogP) is -2.75. The molecule has 0 saturated carbocycles. The maximum Gasteiger partial charge on any atom is 0.635 e. The van der Waals surface area contributed by atoms with Crippen LogP contribution in [0, 0.1) is 0 Å². The van der Waals surface area contributed by atoms with E-state index in [0.717, 1.165) is 0 Å². The summed E-state index contributed by atoms with van der Waals surface area (Å²) in [5.74, 6) is 0. The smallest absolute Gasteiger partial charge is 0.402 e. The zero-order valence-electron chi connectivity index (χ0n) is 4.19. The Morgan fingerprint density at radius 1 is 1.62 bits per heavy atom. The van der Waals surface area contributed by atoms with E-state index in [0.29, 0.717) is 0 Å². The molecule has 0 aliphatic rings. The summed E-state index contributed by atoms with van der Waals surface area (Å²) in [6.07, 6.45) is -1.02. The van der Waals surface area contributed by atoms with Crippen LogP contribution in [0.3, 0.4) is 0 Å². The molecule has 0 fully saturated rings. The van der Waals surface area contributed by atoms with Gasteiger partial charge < -0.3 is 25.5 Å². The van der Waals surface area contributed by atoms with E-state index in [4.69, 9.17) is 20.9 Å². The lowest BCUT2D eigenvalue weighted by atomic mass is 10.2. The highest BCUT2D eigenvalue weighted by Gasteiger charge is 2.12. The Morgan fingerprint density at radius 2 is 2.12 bits per heavy atom. The molecule has 5 N–H and O–H groups in total. The molecule has 0 radical (unpaired) electrons. The number of hydrogen-bond acceptors (Lipinski definition) is 5. The van der Waals surface area contributed by atoms with Crippen molar-refractivity contribution in [2.75, 3.05) is 6.61 Å². The Balaban J connectivity index is 3.10. The molecule has 1 atom stereocenters. The lowest BCUT2D eigenvalue weighted by molar-refractivity contribution is 0.0723. The summed E-state index contributed by atoms with van der Waals surface area (Å²) in [6, 6.07) is 0. The highest BCUT2D eigenvalue weighted by molar-refractivity contribution is 6.32. The Labute approximate surface area is 46.9 Å². The standard InChI is InChI=1S/C2H8BNO4/c4-2(1-5)8-3(6)7/h2,5-7H,1,4H2. The molecule has 0 bridgehead atoms. The van der Waals surface area contributed by atoms with E-state index >= 15 is 0 Å². The van der Waals surface area contributed by atoms with Crippen LogP contribution in [-0.4, -0.2) is 35.3 Å². The van der Waals surface area contributed by atoms with Gasteiger partial charge in [0.2, 0.25) is 0 Å². The summed E-state index contributed by atoms with van der Waals surface area (Å²) >= 11 is 0. The van der Waals surface area contributed by atoms with Crippen LogP contribution in [-0.2, 0) is 4.65 Å². The van der Waals surface area contributed by atoms with Gasteiger partial charge in [-0.1, -0.05) is 0 Å². The first-order chi connectivity index (χ1) is 3.66. The maximum atomic E-state index is 8.11. The third-order valence-corrected chi connectivity index (χ3v) is 0.476. The molecule has 0 aromatic rings. The van der Waals surface area contributed by atoms with Crippen molar-refractivity contribution >= 4 is 7.32 Å². The first-order valence-corrected chi connectivity index (χ1v) is 2.05. The van der Waals surface area contributed by atoms with Crippen molar-refractivity contribution in [1.29, 1.82) is 0 Å². The van der Waals surface area contributed by atoms with Crippen molar-refractivity contribution in [3.8, 4) is 0 Å². The molecule has 0 saturated heterocycles. The quantitative estimate of drug-likeness (QED) is 0.240. The molecule has 0 aromatic heterocycles. The highest BCUT2D eigenvalue weighted by atomic mass is 16.6. The number of aliphatic hydroxyl groups excluding tert-OH is 1. The molecule has 0 amide bonds. The van der Waals surface area contributed by atoms with Crippen molar-refractivity contribution in [2.45, 2.75) is 6.23 Å². The number of hydrogen-bond donors (Lipinski definition) is 4. The van der Waals surface area contributed by atoms with Crippen molar-refractivity contribution < 1.29 is 19.8 Å². The van der Waals surface area contributed by atoms with E-state index in [1.165, 1.54) is 0 Å². The van der Waals surface area contributed by atoms with Crippen LogP contribution in [0.4, 0.5) is 0 Å². The molecule has 0 spiro atoms. The van der Waals surface area contributed by atoms with Crippen LogP contribution < -0.4 is 5.73 Å². The summed E-state index contributed by atoms with van der Waals surface area (Å²) in [7, 11) is -1.91. The summed E-state index contributed by atoms with van der Waals surface area (Å²) in [4.78, 5) is 0. The van der Waals surface area contributed by atoms with Crippen LogP contribution in [0.15, 0.2) is 0 Å². The zero-order valence-corrected chi connectivity index (χ0v) is 4.19. The average molecular weight is 121 g/mol. The van der Waals surface area contributed by atoms with Gasteiger partial charge in [-0.2, -0.15) is 0 Å². The molecule has 0 aliphatic carbocycles. The van der Waals surface area contributed by atoms with Crippen LogP contribution >= 0.6 is 0 Å². The van der Waals surface area contributed by atoms with E-state index in [-0.39, 0.29) is 0 Å². The molecule has 0 aliphatic heterocycles. The highest BCUT2D eigenvalue weighted by Crippen LogP contribution is 1.79. The molecular weight excluding hydrogens is 113 g/mol. The minimum atomic E-state index is -1.91. The van der Waals surface area contributed by atoms with Crippen molar-refractivity contribution in [3.05, 3.63) is 0 Å². The van der Waals surface area contributed by atoms with Crippen molar-refractivity contribution in [2.24, 2.45) is 5.73 Å². The molecule has 0 heterocycles. The maximum absolute atomic E-state index is 8.11. The summed E-state index contributed by atoms with van der Waals surface area (Å²) < 4.78 is 4.04. The lowest BCUT2D eigenvalue weighted by Crippen LogP contribution is -2.35. The predicted molar refractivity (Wildman–Crippen MR) is 26.3 cm³/mol. The molecule has 1 unspecified atom stereocenters. The normalized spacial score (nSPS) is 13.5. The number of aliphatic hydroxyl groups is 1. The fourth-order valence-corrected chi connectivity index (χ4v) is 0.199. The Morgan fingerprint density at radius 3 is 2.25 bits per heavy atom. The Hall–Kier alpha value is -0.135. The van der Waals surface area contributed by atoms with Gasteiger partial charge in [-0.25, -0.2) is 0 Å². The van der Waals surface area contributed by atoms with Gasteiger partial charge in [-0.05, 0) is 0 Å². The minimum absolute atomic E-state index is 0.433. The molecule has 8 heavy (non-hydrogen) atoms. The van der Waals surface area contributed by atoms with Crippen molar-refractivity contribution in [3.63, 3.8) is 0 Å². The SMILES string of the molecule is NC(CO)OB(O)O. The van der Waals surface area contributed by atoms with Crippen LogP contribution in [0.2, 0.25) is 0 Å². The molecule has 0 aromatic carbocycles. The van der Waals surface area contributed by atoms with E-state index in [1.807, 2.05) is 0 Å². The fraction of sp³-hybridized carbons (Fsp3) is 1.00. The third-order valence-electron chi connectivity index (χ3n) is 0.476. The lowest BCUT2D eigenvalue weighted by Gasteiger charge is -2.06. The van der Waals surface area contributed by atoms with E-state index < -0.39 is 20.2 Å². The van der Waals surface area contributed by atoms with Gasteiger partial charge >= 0.3 is 7.32 Å². The number of nitrogens with two attached hydrogens (primary N) is 1. The Bertz CT molecular complexity index is 60.0. The molecule has 6 heteroatoms. The molecule has 5 nitrogen and oxygen atoms in total. The molecule has 48 valence electrons. The first-order valence-electron chi connectivity index (χ1n) is 2.05. The van der Waals surface area contributed by atoms with Gasteiger partial charge in [0, 0.05) is 0 Å². The second kappa shape index (κ2) is 3.82. The minimum Gasteiger partial charge on any atom is -0.402 e. The largest absolute Gasteiger partial charge is 0.635 e. The molecular formula is C2H8BNO4. The van der Waals surface area contributed by atoms with Gasteiger partial charge in [0.25, 0.3) is 0 Å². The van der Waals surface area contributed by atoms with E-state index in [9.17, 15) is 0 Å². The zero-order chi connectivity index (χ0) is 6.57. The topological polar surface area (TPSA) is 95.9 Å². The van der Waals surface area contributed by atoms with Crippen molar-refractivity contribution in [1.82, 2.24) is 0 Å². The van der Waals surface area contributed by atoms with E-state index in [2.05, 4.69) is 4.65 Å². The summed E-state index contributed by atoms with van der Waals surface area (Å²) in [5, 5.41) is 24.1. The molecule has 0 rings (SSSR count). The first kappa shape index (κ1) is 7.86. The average Bonchev–Trinajstić information content (AvgIpc) is 1.65. The van der Waals surface area contributed by atoms with Gasteiger partial charge in [0.15, 0.2) is 0 Å².